The summed E-state index contributed by atoms with van der Waals surface area (Å²) in [5.41, 5.74) is 0. The maximum absolute atomic E-state index is 10.4. The van der Waals surface area contributed by atoms with E-state index in [-0.39, 0.29) is 35.5 Å². The average molecular weight is 154 g/mol. The van der Waals surface area contributed by atoms with E-state index in [1.54, 1.807) is 6.92 Å². The van der Waals surface area contributed by atoms with Gasteiger partial charge in [-0.1, -0.05) is 0 Å². The smallest absolute Gasteiger partial charge is 0.259 e. The molecule has 1 N–H and O–H groups in total. The van der Waals surface area contributed by atoms with Crippen molar-refractivity contribution in [1.82, 2.24) is 4.72 Å². The summed E-state index contributed by atoms with van der Waals surface area (Å²) in [6.45, 7) is 1.73. The Balaban J connectivity index is 0.000000640. The van der Waals surface area contributed by atoms with Gasteiger partial charge >= 0.3 is 0 Å². The third-order valence-electron chi connectivity index (χ3n) is 0.650. The van der Waals surface area contributed by atoms with Crippen molar-refractivity contribution >= 4 is 47.7 Å². The summed E-state index contributed by atoms with van der Waals surface area (Å²) in [5, 5.41) is 0. The van der Waals surface area contributed by atoms with Gasteiger partial charge in [-0.3, -0.25) is 9.52 Å². The Kier molecular flexibility index (Phi) is 4.39. The number of amides is 1. The van der Waals surface area contributed by atoms with Crippen molar-refractivity contribution in [3.05, 3.63) is 11.8 Å². The first-order valence-corrected chi connectivity index (χ1v) is 2.85. The van der Waals surface area contributed by atoms with Gasteiger partial charge in [0, 0.05) is 35.6 Å². The molecule has 3 nitrogen and oxygen atoms in total. The van der Waals surface area contributed by atoms with Gasteiger partial charge in [-0.05, 0) is 6.92 Å². The van der Waals surface area contributed by atoms with E-state index in [0.29, 0.717) is 5.76 Å². The predicted molar refractivity (Wildman–Crippen MR) is 36.3 cm³/mol. The minimum absolute atomic E-state index is 0. The second-order valence-electron chi connectivity index (χ2n) is 1.39. The van der Waals surface area contributed by atoms with Crippen molar-refractivity contribution in [3.63, 3.8) is 0 Å². The number of hydrogen-bond donors (Lipinski definition) is 1. The van der Waals surface area contributed by atoms with E-state index in [0.717, 1.165) is 12.2 Å². The van der Waals surface area contributed by atoms with Crippen LogP contribution < -0.4 is 4.72 Å². The first kappa shape index (κ1) is 9.36. The summed E-state index contributed by atoms with van der Waals surface area (Å²) in [7, 11) is 0. The van der Waals surface area contributed by atoms with Gasteiger partial charge < -0.3 is 4.18 Å². The Bertz CT molecular complexity index is 148. The molecule has 0 saturated carbocycles. The summed E-state index contributed by atoms with van der Waals surface area (Å²) >= 11 is 0.943. The van der Waals surface area contributed by atoms with E-state index in [1.807, 2.05) is 0 Å². The van der Waals surface area contributed by atoms with Crippen molar-refractivity contribution in [2.45, 2.75) is 6.92 Å². The number of hydrogen-bond acceptors (Lipinski definition) is 3. The molecule has 0 aromatic rings. The van der Waals surface area contributed by atoms with Crippen LogP contribution in [0.15, 0.2) is 11.8 Å². The fraction of sp³-hybridized carbons (Fsp3) is 0.250. The molecule has 0 unspecified atom stereocenters. The third-order valence-corrected chi connectivity index (χ3v) is 1.28. The maximum Gasteiger partial charge on any atom is 0.259 e. The Morgan fingerprint density at radius 2 is 2.44 bits per heavy atom. The van der Waals surface area contributed by atoms with E-state index in [1.165, 1.54) is 6.08 Å². The minimum atomic E-state index is -0.112. The SMILES string of the molecule is CC1=CC(=O)NSO1.[Na]. The predicted octanol–water partition coefficient (Wildman–Crippen LogP) is 0.219. The van der Waals surface area contributed by atoms with Gasteiger partial charge in [0.25, 0.3) is 5.91 Å². The zero-order chi connectivity index (χ0) is 5.98. The van der Waals surface area contributed by atoms with Gasteiger partial charge in [0.05, 0.1) is 0 Å². The van der Waals surface area contributed by atoms with Crippen LogP contribution in [-0.4, -0.2) is 35.5 Å². The molecule has 0 saturated heterocycles. The molecule has 0 fully saturated rings. The number of rotatable bonds is 0. The summed E-state index contributed by atoms with van der Waals surface area (Å²) in [6.07, 6.45) is 1.40. The topological polar surface area (TPSA) is 38.3 Å². The van der Waals surface area contributed by atoms with E-state index in [4.69, 9.17) is 4.18 Å². The molecular weight excluding hydrogens is 149 g/mol. The second-order valence-corrected chi connectivity index (χ2v) is 1.93. The van der Waals surface area contributed by atoms with Gasteiger partial charge in [-0.15, -0.1) is 0 Å². The molecule has 1 radical (unpaired) electrons. The molecule has 0 aliphatic carbocycles. The second kappa shape index (κ2) is 4.22. The zero-order valence-corrected chi connectivity index (χ0v) is 8.12. The van der Waals surface area contributed by atoms with Gasteiger partial charge in [0.2, 0.25) is 0 Å². The Morgan fingerprint density at radius 3 is 2.78 bits per heavy atom. The molecule has 0 aromatic carbocycles. The summed E-state index contributed by atoms with van der Waals surface area (Å²) < 4.78 is 7.19. The van der Waals surface area contributed by atoms with Crippen LogP contribution in [0.1, 0.15) is 6.92 Å². The Hall–Kier alpha value is 0.360. The van der Waals surface area contributed by atoms with E-state index in [2.05, 4.69) is 4.72 Å². The maximum atomic E-state index is 10.4. The number of allylic oxidation sites excluding steroid dienone is 1. The molecule has 0 atom stereocenters. The Morgan fingerprint density at radius 1 is 1.78 bits per heavy atom. The Labute approximate surface area is 79.8 Å². The first-order chi connectivity index (χ1) is 3.79. The molecular formula is C4H5NNaO2S. The molecule has 0 spiro atoms. The van der Waals surface area contributed by atoms with Crippen molar-refractivity contribution < 1.29 is 8.98 Å². The minimum Gasteiger partial charge on any atom is -0.410 e. The third kappa shape index (κ3) is 3.15. The van der Waals surface area contributed by atoms with Gasteiger partial charge in [-0.2, -0.15) is 0 Å². The van der Waals surface area contributed by atoms with E-state index in [9.17, 15) is 4.79 Å². The first-order valence-electron chi connectivity index (χ1n) is 2.11. The van der Waals surface area contributed by atoms with Crippen LogP contribution in [0.2, 0.25) is 0 Å². The monoisotopic (exact) mass is 154 g/mol. The fourth-order valence-electron chi connectivity index (χ4n) is 0.366. The number of carbonyl (C=O) groups excluding carboxylic acids is 1. The molecule has 0 aromatic heterocycles. The molecule has 1 amide bonds. The molecule has 1 aliphatic rings. The fourth-order valence-corrected chi connectivity index (χ4v) is 0.728. The van der Waals surface area contributed by atoms with Crippen LogP contribution in [0.3, 0.4) is 0 Å². The van der Waals surface area contributed by atoms with Crippen LogP contribution in [0.5, 0.6) is 0 Å². The molecule has 1 aliphatic heterocycles. The van der Waals surface area contributed by atoms with Gasteiger partial charge in [0.15, 0.2) is 12.2 Å². The summed E-state index contributed by atoms with van der Waals surface area (Å²) in [6, 6.07) is 0. The van der Waals surface area contributed by atoms with Crippen LogP contribution >= 0.6 is 12.2 Å². The zero-order valence-electron chi connectivity index (χ0n) is 5.30. The van der Waals surface area contributed by atoms with Crippen LogP contribution in [0, 0.1) is 0 Å². The standard InChI is InChI=1S/C4H5NO2S.Na/c1-3-2-4(6)5-8-7-3;/h2H,1H3,(H,5,6);. The molecule has 9 heavy (non-hydrogen) atoms. The van der Waals surface area contributed by atoms with Gasteiger partial charge in [0.1, 0.15) is 5.76 Å². The van der Waals surface area contributed by atoms with Crippen LogP contribution in [0.25, 0.3) is 0 Å². The molecule has 45 valence electrons. The van der Waals surface area contributed by atoms with Crippen LogP contribution in [-0.2, 0) is 8.98 Å². The van der Waals surface area contributed by atoms with E-state index >= 15 is 0 Å². The quantitative estimate of drug-likeness (QED) is 0.308. The molecule has 1 heterocycles. The average Bonchev–Trinajstić information content (AvgIpc) is 1.64. The van der Waals surface area contributed by atoms with Crippen molar-refractivity contribution in [3.8, 4) is 0 Å². The van der Waals surface area contributed by atoms with Crippen LogP contribution in [0.4, 0.5) is 0 Å². The normalized spacial score (nSPS) is 16.6. The molecule has 1 rings (SSSR count). The van der Waals surface area contributed by atoms with Gasteiger partial charge in [-0.25, -0.2) is 0 Å². The van der Waals surface area contributed by atoms with Crippen molar-refractivity contribution in [2.75, 3.05) is 0 Å². The van der Waals surface area contributed by atoms with E-state index < -0.39 is 0 Å². The number of carbonyl (C=O) groups is 1. The van der Waals surface area contributed by atoms with Crippen molar-refractivity contribution in [2.24, 2.45) is 0 Å². The van der Waals surface area contributed by atoms with Crippen molar-refractivity contribution in [1.29, 1.82) is 0 Å². The summed E-state index contributed by atoms with van der Waals surface area (Å²) in [5.74, 6) is 0.525. The number of nitrogens with one attached hydrogen (secondary N) is 1. The molecule has 5 heteroatoms. The summed E-state index contributed by atoms with van der Waals surface area (Å²) in [4.78, 5) is 10.4. The largest absolute Gasteiger partial charge is 0.410 e. The molecule has 0 bridgehead atoms.